The predicted octanol–water partition coefficient (Wildman–Crippen LogP) is 2.35. The molecular formula is C15H17ClN4O3. The normalized spacial score (nSPS) is 14.6. The number of hydrogen-bond acceptors (Lipinski definition) is 7. The molecule has 2 heterocycles. The third-order valence-electron chi connectivity index (χ3n) is 3.41. The maximum absolute atomic E-state index is 6.24. The first kappa shape index (κ1) is 15.6. The molecule has 7 nitrogen and oxygen atoms in total. The summed E-state index contributed by atoms with van der Waals surface area (Å²) in [6.45, 7) is 2.64. The van der Waals surface area contributed by atoms with Crippen LogP contribution in [0.4, 0.5) is 11.8 Å². The van der Waals surface area contributed by atoms with E-state index in [0.717, 1.165) is 0 Å². The summed E-state index contributed by atoms with van der Waals surface area (Å²) in [4.78, 5) is 10.6. The van der Waals surface area contributed by atoms with E-state index in [1.54, 1.807) is 19.2 Å². The van der Waals surface area contributed by atoms with Crippen LogP contribution in [0.25, 0.3) is 0 Å². The number of benzene rings is 1. The summed E-state index contributed by atoms with van der Waals surface area (Å²) in [6.07, 6.45) is 0. The lowest BCUT2D eigenvalue weighted by Gasteiger charge is -2.27. The van der Waals surface area contributed by atoms with Gasteiger partial charge in [0.2, 0.25) is 11.7 Å². The molecule has 0 bridgehead atoms. The molecule has 0 saturated carbocycles. The number of para-hydroxylation sites is 2. The van der Waals surface area contributed by atoms with Gasteiger partial charge in [0, 0.05) is 13.1 Å². The molecule has 1 aliphatic rings. The molecular weight excluding hydrogens is 320 g/mol. The lowest BCUT2D eigenvalue weighted by atomic mass is 10.3. The molecule has 8 heteroatoms. The van der Waals surface area contributed by atoms with E-state index in [0.29, 0.717) is 43.8 Å². The van der Waals surface area contributed by atoms with Crippen LogP contribution in [0.1, 0.15) is 0 Å². The summed E-state index contributed by atoms with van der Waals surface area (Å²) in [7, 11) is 1.56. The minimum Gasteiger partial charge on any atom is -0.493 e. The van der Waals surface area contributed by atoms with Gasteiger partial charge in [-0.3, -0.25) is 0 Å². The lowest BCUT2D eigenvalue weighted by molar-refractivity contribution is 0.122. The largest absolute Gasteiger partial charge is 0.493 e. The molecule has 0 amide bonds. The summed E-state index contributed by atoms with van der Waals surface area (Å²) in [5.41, 5.74) is 6.01. The Labute approximate surface area is 138 Å². The molecule has 122 valence electrons. The van der Waals surface area contributed by atoms with E-state index in [2.05, 4.69) is 9.97 Å². The second-order valence-corrected chi connectivity index (χ2v) is 5.24. The van der Waals surface area contributed by atoms with Crippen molar-refractivity contribution in [1.29, 1.82) is 0 Å². The zero-order chi connectivity index (χ0) is 16.2. The summed E-state index contributed by atoms with van der Waals surface area (Å²) < 4.78 is 16.3. The maximum atomic E-state index is 6.24. The highest BCUT2D eigenvalue weighted by atomic mass is 35.5. The van der Waals surface area contributed by atoms with Gasteiger partial charge in [0.1, 0.15) is 0 Å². The topological polar surface area (TPSA) is 82.7 Å². The third-order valence-corrected chi connectivity index (χ3v) is 3.67. The molecule has 0 spiro atoms. The van der Waals surface area contributed by atoms with Crippen LogP contribution in [0, 0.1) is 0 Å². The number of rotatable bonds is 4. The number of aromatic nitrogens is 2. The average Bonchev–Trinajstić information content (AvgIpc) is 2.59. The van der Waals surface area contributed by atoms with E-state index in [9.17, 15) is 0 Å². The van der Waals surface area contributed by atoms with Gasteiger partial charge >= 0.3 is 0 Å². The Balaban J connectivity index is 1.88. The maximum Gasteiger partial charge on any atom is 0.229 e. The van der Waals surface area contributed by atoms with Crippen LogP contribution in [0.15, 0.2) is 24.3 Å². The lowest BCUT2D eigenvalue weighted by Crippen LogP contribution is -2.37. The molecule has 0 aliphatic carbocycles. The molecule has 2 N–H and O–H groups in total. The van der Waals surface area contributed by atoms with Crippen LogP contribution in [0.5, 0.6) is 17.2 Å². The van der Waals surface area contributed by atoms with Gasteiger partial charge in [-0.2, -0.15) is 9.97 Å². The van der Waals surface area contributed by atoms with E-state index in [1.165, 1.54) is 0 Å². The highest BCUT2D eigenvalue weighted by Crippen LogP contribution is 2.37. The van der Waals surface area contributed by atoms with Crippen molar-refractivity contribution in [3.63, 3.8) is 0 Å². The molecule has 1 saturated heterocycles. The molecule has 1 aromatic heterocycles. The van der Waals surface area contributed by atoms with Gasteiger partial charge in [-0.15, -0.1) is 0 Å². The molecule has 3 rings (SSSR count). The van der Waals surface area contributed by atoms with Crippen LogP contribution in [0.2, 0.25) is 5.15 Å². The number of morpholine rings is 1. The van der Waals surface area contributed by atoms with Crippen molar-refractivity contribution in [1.82, 2.24) is 9.97 Å². The molecule has 0 radical (unpaired) electrons. The summed E-state index contributed by atoms with van der Waals surface area (Å²) in [5.74, 6) is 1.93. The van der Waals surface area contributed by atoms with Crippen molar-refractivity contribution in [2.24, 2.45) is 0 Å². The fourth-order valence-corrected chi connectivity index (χ4v) is 2.45. The molecule has 1 aromatic carbocycles. The summed E-state index contributed by atoms with van der Waals surface area (Å²) in [6, 6.07) is 7.20. The summed E-state index contributed by atoms with van der Waals surface area (Å²) >= 11 is 6.24. The van der Waals surface area contributed by atoms with Gasteiger partial charge in [0.15, 0.2) is 22.5 Å². The third kappa shape index (κ3) is 3.40. The number of halogens is 1. The number of anilines is 2. The Morgan fingerprint density at radius 3 is 2.52 bits per heavy atom. The monoisotopic (exact) mass is 336 g/mol. The zero-order valence-electron chi connectivity index (χ0n) is 12.7. The quantitative estimate of drug-likeness (QED) is 0.858. The second kappa shape index (κ2) is 6.89. The van der Waals surface area contributed by atoms with Crippen molar-refractivity contribution < 1.29 is 14.2 Å². The van der Waals surface area contributed by atoms with Gasteiger partial charge in [0.05, 0.1) is 20.3 Å². The number of methoxy groups -OCH3 is 1. The minimum absolute atomic E-state index is 0.157. The first-order valence-electron chi connectivity index (χ1n) is 7.15. The second-order valence-electron chi connectivity index (χ2n) is 4.88. The molecule has 2 aromatic rings. The standard InChI is InChI=1S/C15H17ClN4O3/c1-21-10-4-2-3-5-11(10)23-12-13(16)18-15(19-14(12)17)20-6-8-22-9-7-20/h2-5H,6-9H2,1H3,(H2,17,18,19). The predicted molar refractivity (Wildman–Crippen MR) is 87.6 cm³/mol. The summed E-state index contributed by atoms with van der Waals surface area (Å²) in [5, 5.41) is 0.157. The van der Waals surface area contributed by atoms with Gasteiger partial charge in [-0.1, -0.05) is 23.7 Å². The van der Waals surface area contributed by atoms with Crippen LogP contribution < -0.4 is 20.1 Å². The fourth-order valence-electron chi connectivity index (χ4n) is 2.24. The molecule has 1 fully saturated rings. The Morgan fingerprint density at radius 1 is 1.17 bits per heavy atom. The number of nitrogens with zero attached hydrogens (tertiary/aromatic N) is 3. The number of nitrogens with two attached hydrogens (primary N) is 1. The SMILES string of the molecule is COc1ccccc1Oc1c(N)nc(N2CCOCC2)nc1Cl. The number of nitrogen functional groups attached to an aromatic ring is 1. The van der Waals surface area contributed by atoms with Crippen molar-refractivity contribution in [3.05, 3.63) is 29.4 Å². The molecule has 0 atom stereocenters. The Kier molecular flexibility index (Phi) is 4.68. The van der Waals surface area contributed by atoms with Gasteiger partial charge in [-0.05, 0) is 12.1 Å². The first-order chi connectivity index (χ1) is 11.2. The fraction of sp³-hybridized carbons (Fsp3) is 0.333. The van der Waals surface area contributed by atoms with Crippen molar-refractivity contribution in [2.75, 3.05) is 44.0 Å². The van der Waals surface area contributed by atoms with Crippen LogP contribution in [0.3, 0.4) is 0 Å². The van der Waals surface area contributed by atoms with Crippen LogP contribution in [-0.2, 0) is 4.74 Å². The zero-order valence-corrected chi connectivity index (χ0v) is 13.4. The minimum atomic E-state index is 0.157. The van der Waals surface area contributed by atoms with Crippen LogP contribution >= 0.6 is 11.6 Å². The molecule has 1 aliphatic heterocycles. The van der Waals surface area contributed by atoms with Crippen molar-refractivity contribution in [3.8, 4) is 17.2 Å². The smallest absolute Gasteiger partial charge is 0.229 e. The van der Waals surface area contributed by atoms with E-state index < -0.39 is 0 Å². The number of hydrogen-bond donors (Lipinski definition) is 1. The van der Waals surface area contributed by atoms with Gasteiger partial charge < -0.3 is 24.8 Å². The van der Waals surface area contributed by atoms with Gasteiger partial charge in [0.25, 0.3) is 0 Å². The van der Waals surface area contributed by atoms with Gasteiger partial charge in [-0.25, -0.2) is 0 Å². The highest BCUT2D eigenvalue weighted by Gasteiger charge is 2.20. The Morgan fingerprint density at radius 2 is 1.87 bits per heavy atom. The average molecular weight is 337 g/mol. The Hall–Kier alpha value is -2.25. The van der Waals surface area contributed by atoms with E-state index in [4.69, 9.17) is 31.5 Å². The molecule has 0 unspecified atom stereocenters. The number of ether oxygens (including phenoxy) is 3. The van der Waals surface area contributed by atoms with Crippen molar-refractivity contribution >= 4 is 23.4 Å². The first-order valence-corrected chi connectivity index (χ1v) is 7.53. The van der Waals surface area contributed by atoms with E-state index in [-0.39, 0.29) is 16.7 Å². The van der Waals surface area contributed by atoms with E-state index in [1.807, 2.05) is 17.0 Å². The van der Waals surface area contributed by atoms with E-state index >= 15 is 0 Å². The molecule has 23 heavy (non-hydrogen) atoms. The van der Waals surface area contributed by atoms with Crippen molar-refractivity contribution in [2.45, 2.75) is 0 Å². The van der Waals surface area contributed by atoms with Crippen LogP contribution in [-0.4, -0.2) is 43.4 Å². The Bertz CT molecular complexity index is 669. The highest BCUT2D eigenvalue weighted by molar-refractivity contribution is 6.31.